The molecule has 6 heteroatoms. The van der Waals surface area contributed by atoms with E-state index in [1.807, 2.05) is 6.20 Å². The number of morpholine rings is 1. The van der Waals surface area contributed by atoms with Gasteiger partial charge < -0.3 is 9.72 Å². The Morgan fingerprint density at radius 2 is 1.96 bits per heavy atom. The summed E-state index contributed by atoms with van der Waals surface area (Å²) in [6.07, 6.45) is 3.70. The first-order valence-electron chi connectivity index (χ1n) is 9.61. The van der Waals surface area contributed by atoms with Crippen LogP contribution >= 0.6 is 0 Å². The number of aromatic nitrogens is 2. The van der Waals surface area contributed by atoms with Gasteiger partial charge in [0.25, 0.3) is 0 Å². The van der Waals surface area contributed by atoms with E-state index < -0.39 is 0 Å². The second kappa shape index (κ2) is 6.78. The maximum atomic E-state index is 5.82. The van der Waals surface area contributed by atoms with Crippen molar-refractivity contribution in [2.24, 2.45) is 0 Å². The maximum absolute atomic E-state index is 5.82. The number of nitrogens with one attached hydrogen (secondary N) is 1. The van der Waals surface area contributed by atoms with Gasteiger partial charge in [-0.3, -0.25) is 14.7 Å². The summed E-state index contributed by atoms with van der Waals surface area (Å²) in [5, 5.41) is 0. The first kappa shape index (κ1) is 16.4. The zero-order chi connectivity index (χ0) is 17.4. The Bertz CT molecular complexity index is 713. The molecule has 0 aliphatic carbocycles. The molecule has 1 aromatic heterocycles. The normalized spacial score (nSPS) is 26.5. The van der Waals surface area contributed by atoms with E-state index in [9.17, 15) is 0 Å². The van der Waals surface area contributed by atoms with Gasteiger partial charge in [-0.1, -0.05) is 30.3 Å². The molecule has 1 N–H and O–H groups in total. The van der Waals surface area contributed by atoms with Crippen LogP contribution in [0.4, 0.5) is 0 Å². The van der Waals surface area contributed by atoms with Crippen molar-refractivity contribution in [1.82, 2.24) is 24.7 Å². The van der Waals surface area contributed by atoms with E-state index in [1.54, 1.807) is 6.33 Å². The van der Waals surface area contributed by atoms with Crippen molar-refractivity contribution in [3.05, 3.63) is 54.1 Å². The molecule has 3 aliphatic rings. The quantitative estimate of drug-likeness (QED) is 0.895. The summed E-state index contributed by atoms with van der Waals surface area (Å²) in [6, 6.07) is 11.4. The van der Waals surface area contributed by atoms with Crippen molar-refractivity contribution in [3.63, 3.8) is 0 Å². The van der Waals surface area contributed by atoms with Crippen LogP contribution in [-0.4, -0.2) is 82.2 Å². The van der Waals surface area contributed by atoms with Gasteiger partial charge in [0.15, 0.2) is 0 Å². The van der Waals surface area contributed by atoms with Crippen molar-refractivity contribution in [2.75, 3.05) is 45.9 Å². The highest BCUT2D eigenvalue weighted by Gasteiger charge is 2.53. The molecule has 6 nitrogen and oxygen atoms in total. The van der Waals surface area contributed by atoms with E-state index in [0.29, 0.717) is 6.04 Å². The molecule has 5 rings (SSSR count). The maximum Gasteiger partial charge on any atom is 0.0922 e. The van der Waals surface area contributed by atoms with E-state index >= 15 is 0 Å². The van der Waals surface area contributed by atoms with Crippen LogP contribution in [0.15, 0.2) is 42.9 Å². The summed E-state index contributed by atoms with van der Waals surface area (Å²) in [5.74, 6) is 0. The number of piperazine rings is 1. The molecule has 138 valence electrons. The minimum Gasteiger partial charge on any atom is -0.378 e. The average Bonchev–Trinajstić information content (AvgIpc) is 3.14. The molecule has 3 saturated heterocycles. The molecule has 3 aliphatic heterocycles. The molecule has 0 bridgehead atoms. The van der Waals surface area contributed by atoms with Crippen LogP contribution in [0.3, 0.4) is 0 Å². The van der Waals surface area contributed by atoms with Crippen molar-refractivity contribution in [2.45, 2.75) is 24.7 Å². The van der Waals surface area contributed by atoms with E-state index in [-0.39, 0.29) is 5.54 Å². The highest BCUT2D eigenvalue weighted by atomic mass is 16.5. The fourth-order valence-corrected chi connectivity index (χ4v) is 5.05. The van der Waals surface area contributed by atoms with Crippen LogP contribution in [0.1, 0.15) is 11.3 Å². The predicted octanol–water partition coefficient (Wildman–Crippen LogP) is 1.18. The number of H-pyrrole nitrogens is 1. The molecule has 2 aromatic rings. The van der Waals surface area contributed by atoms with Crippen LogP contribution in [0.25, 0.3) is 0 Å². The van der Waals surface area contributed by atoms with Gasteiger partial charge in [-0.05, 0) is 5.56 Å². The van der Waals surface area contributed by atoms with Crippen LogP contribution in [0.2, 0.25) is 0 Å². The summed E-state index contributed by atoms with van der Waals surface area (Å²) >= 11 is 0. The van der Waals surface area contributed by atoms with Gasteiger partial charge in [0.05, 0.1) is 25.1 Å². The zero-order valence-electron chi connectivity index (χ0n) is 15.2. The van der Waals surface area contributed by atoms with Crippen LogP contribution in [-0.2, 0) is 17.8 Å². The Hall–Kier alpha value is -1.73. The summed E-state index contributed by atoms with van der Waals surface area (Å²) in [5.41, 5.74) is 2.89. The van der Waals surface area contributed by atoms with Gasteiger partial charge in [-0.15, -0.1) is 0 Å². The molecule has 0 saturated carbocycles. The van der Waals surface area contributed by atoms with Gasteiger partial charge in [0.1, 0.15) is 0 Å². The first-order valence-corrected chi connectivity index (χ1v) is 9.61. The third-order valence-electron chi connectivity index (χ3n) is 6.06. The predicted molar refractivity (Wildman–Crippen MR) is 99.6 cm³/mol. The number of rotatable bonds is 4. The van der Waals surface area contributed by atoms with Crippen molar-refractivity contribution >= 4 is 0 Å². The smallest absolute Gasteiger partial charge is 0.0922 e. The van der Waals surface area contributed by atoms with E-state index in [2.05, 4.69) is 55.0 Å². The lowest BCUT2D eigenvalue weighted by atomic mass is 9.82. The van der Waals surface area contributed by atoms with E-state index in [1.165, 1.54) is 11.3 Å². The molecular weight excluding hydrogens is 326 g/mol. The molecule has 0 unspecified atom stereocenters. The van der Waals surface area contributed by atoms with Crippen molar-refractivity contribution < 1.29 is 4.74 Å². The standard InChI is InChI=1S/C20H27N5O/c1-2-4-17(5-3-1)9-23-11-19-12-26-7-6-25(19)20(13-23)14-24(15-20)10-18-8-21-16-22-18/h1-5,8,16,19H,6-7,9-15H2,(H,21,22)/t19-/m1/s1. The molecule has 3 fully saturated rings. The van der Waals surface area contributed by atoms with Crippen LogP contribution in [0, 0.1) is 0 Å². The second-order valence-electron chi connectivity index (χ2n) is 8.02. The topological polar surface area (TPSA) is 47.6 Å². The van der Waals surface area contributed by atoms with E-state index in [4.69, 9.17) is 4.74 Å². The number of aromatic amines is 1. The Kier molecular flexibility index (Phi) is 4.29. The Labute approximate surface area is 154 Å². The molecule has 4 heterocycles. The number of hydrogen-bond donors (Lipinski definition) is 1. The van der Waals surface area contributed by atoms with Gasteiger partial charge in [0.2, 0.25) is 0 Å². The lowest BCUT2D eigenvalue weighted by molar-refractivity contribution is -0.168. The third-order valence-corrected chi connectivity index (χ3v) is 6.06. The average molecular weight is 353 g/mol. The fourth-order valence-electron chi connectivity index (χ4n) is 5.05. The summed E-state index contributed by atoms with van der Waals surface area (Å²) in [4.78, 5) is 15.3. The van der Waals surface area contributed by atoms with Crippen LogP contribution < -0.4 is 0 Å². The SMILES string of the molecule is c1ccc(CN2C[C@@H]3COCCN3C3(C2)CN(Cc2cnc[nH]2)C3)cc1. The second-order valence-corrected chi connectivity index (χ2v) is 8.02. The van der Waals surface area contributed by atoms with Crippen molar-refractivity contribution in [3.8, 4) is 0 Å². The first-order chi connectivity index (χ1) is 12.8. The number of benzene rings is 1. The number of imidazole rings is 1. The Morgan fingerprint density at radius 1 is 1.12 bits per heavy atom. The highest BCUT2D eigenvalue weighted by molar-refractivity contribution is 5.17. The molecule has 1 aromatic carbocycles. The molecule has 1 atom stereocenters. The summed E-state index contributed by atoms with van der Waals surface area (Å²) < 4.78 is 5.82. The molecule has 1 spiro atoms. The number of likely N-dealkylation sites (tertiary alicyclic amines) is 1. The molecule has 0 amide bonds. The molecule has 26 heavy (non-hydrogen) atoms. The van der Waals surface area contributed by atoms with Gasteiger partial charge >= 0.3 is 0 Å². The summed E-state index contributed by atoms with van der Waals surface area (Å²) in [7, 11) is 0. The zero-order valence-corrected chi connectivity index (χ0v) is 15.2. The monoisotopic (exact) mass is 353 g/mol. The Morgan fingerprint density at radius 3 is 2.77 bits per heavy atom. The summed E-state index contributed by atoms with van der Waals surface area (Å²) in [6.45, 7) is 9.34. The fraction of sp³-hybridized carbons (Fsp3) is 0.550. The van der Waals surface area contributed by atoms with Gasteiger partial charge in [0, 0.05) is 63.7 Å². The number of ether oxygens (including phenoxy) is 1. The lowest BCUT2D eigenvalue weighted by Gasteiger charge is -2.63. The lowest BCUT2D eigenvalue weighted by Crippen LogP contribution is -2.80. The largest absolute Gasteiger partial charge is 0.378 e. The highest BCUT2D eigenvalue weighted by Crippen LogP contribution is 2.36. The van der Waals surface area contributed by atoms with Crippen molar-refractivity contribution in [1.29, 1.82) is 0 Å². The number of nitrogens with zero attached hydrogens (tertiary/aromatic N) is 4. The van der Waals surface area contributed by atoms with Gasteiger partial charge in [-0.25, -0.2) is 4.98 Å². The molecular formula is C20H27N5O. The number of fused-ring (bicyclic) bond motifs is 2. The van der Waals surface area contributed by atoms with Crippen LogP contribution in [0.5, 0.6) is 0 Å². The molecule has 0 radical (unpaired) electrons. The van der Waals surface area contributed by atoms with E-state index in [0.717, 1.165) is 59.0 Å². The third kappa shape index (κ3) is 3.07. The minimum atomic E-state index is 0.279. The Balaban J connectivity index is 1.30. The number of hydrogen-bond acceptors (Lipinski definition) is 5. The van der Waals surface area contributed by atoms with Gasteiger partial charge in [-0.2, -0.15) is 0 Å². The minimum absolute atomic E-state index is 0.279.